The molecule has 1 amide bonds. The van der Waals surface area contributed by atoms with Gasteiger partial charge in [-0.3, -0.25) is 9.69 Å². The van der Waals surface area contributed by atoms with E-state index in [0.717, 1.165) is 18.8 Å². The Bertz CT molecular complexity index is 522. The minimum Gasteiger partial charge on any atom is -0.390 e. The van der Waals surface area contributed by atoms with Crippen molar-refractivity contribution in [3.8, 4) is 0 Å². The van der Waals surface area contributed by atoms with Crippen molar-refractivity contribution in [2.45, 2.75) is 51.2 Å². The molecule has 122 valence electrons. The van der Waals surface area contributed by atoms with Gasteiger partial charge in [-0.25, -0.2) is 0 Å². The van der Waals surface area contributed by atoms with Gasteiger partial charge in [0.05, 0.1) is 17.8 Å². The summed E-state index contributed by atoms with van der Waals surface area (Å²) in [5.74, 6) is 0.337. The highest BCUT2D eigenvalue weighted by molar-refractivity contribution is 5.91. The summed E-state index contributed by atoms with van der Waals surface area (Å²) in [6.45, 7) is 7.00. The summed E-state index contributed by atoms with van der Waals surface area (Å²) in [5.41, 5.74) is 0.788. The van der Waals surface area contributed by atoms with Crippen LogP contribution in [0.15, 0.2) is 10.6 Å². The lowest BCUT2D eigenvalue weighted by Crippen LogP contribution is -2.46. The molecule has 3 heterocycles. The lowest BCUT2D eigenvalue weighted by atomic mass is 10.1. The van der Waals surface area contributed by atoms with E-state index in [1.54, 1.807) is 11.0 Å². The fourth-order valence-electron chi connectivity index (χ4n) is 3.36. The van der Waals surface area contributed by atoms with Gasteiger partial charge in [-0.1, -0.05) is 25.4 Å². The number of piperidine rings is 1. The van der Waals surface area contributed by atoms with Gasteiger partial charge in [0.15, 0.2) is 0 Å². The molecule has 0 aromatic carbocycles. The van der Waals surface area contributed by atoms with Crippen LogP contribution in [0.3, 0.4) is 0 Å². The van der Waals surface area contributed by atoms with E-state index in [9.17, 15) is 9.90 Å². The summed E-state index contributed by atoms with van der Waals surface area (Å²) in [7, 11) is 0. The molecule has 0 aliphatic carbocycles. The van der Waals surface area contributed by atoms with Crippen LogP contribution in [0, 0.1) is 0 Å². The van der Waals surface area contributed by atoms with Crippen molar-refractivity contribution >= 4 is 5.91 Å². The highest BCUT2D eigenvalue weighted by Gasteiger charge is 2.39. The van der Waals surface area contributed by atoms with E-state index in [4.69, 9.17) is 4.52 Å². The maximum absolute atomic E-state index is 12.5. The number of likely N-dealkylation sites (tertiary alicyclic amines) is 2. The molecule has 2 fully saturated rings. The largest absolute Gasteiger partial charge is 0.390 e. The van der Waals surface area contributed by atoms with Gasteiger partial charge >= 0.3 is 0 Å². The van der Waals surface area contributed by atoms with Gasteiger partial charge in [-0.15, -0.1) is 0 Å². The topological polar surface area (TPSA) is 69.8 Å². The van der Waals surface area contributed by atoms with E-state index < -0.39 is 6.10 Å². The Morgan fingerprint density at radius 1 is 1.32 bits per heavy atom. The highest BCUT2D eigenvalue weighted by Crippen LogP contribution is 2.23. The Morgan fingerprint density at radius 3 is 2.68 bits per heavy atom. The third kappa shape index (κ3) is 3.03. The van der Waals surface area contributed by atoms with Crippen molar-refractivity contribution in [3.05, 3.63) is 17.5 Å². The number of aliphatic hydroxyl groups is 1. The van der Waals surface area contributed by atoms with Gasteiger partial charge in [0.25, 0.3) is 5.91 Å². The second kappa shape index (κ2) is 6.38. The molecule has 1 aromatic heterocycles. The molecule has 0 saturated carbocycles. The fraction of sp³-hybridized carbons (Fsp3) is 0.750. The van der Waals surface area contributed by atoms with Crippen LogP contribution in [0.4, 0.5) is 0 Å². The fourth-order valence-corrected chi connectivity index (χ4v) is 3.36. The minimum absolute atomic E-state index is 0.0525. The van der Waals surface area contributed by atoms with E-state index in [2.05, 4.69) is 10.1 Å². The molecule has 2 aliphatic rings. The normalized spacial score (nSPS) is 26.8. The molecule has 1 aromatic rings. The summed E-state index contributed by atoms with van der Waals surface area (Å²) >= 11 is 0. The van der Waals surface area contributed by atoms with Crippen LogP contribution in [0.25, 0.3) is 0 Å². The molecule has 6 nitrogen and oxygen atoms in total. The van der Waals surface area contributed by atoms with Crippen molar-refractivity contribution in [1.29, 1.82) is 0 Å². The monoisotopic (exact) mass is 307 g/mol. The second-order valence-electron chi connectivity index (χ2n) is 6.71. The van der Waals surface area contributed by atoms with E-state index >= 15 is 0 Å². The lowest BCUT2D eigenvalue weighted by molar-refractivity contribution is 0.0698. The zero-order valence-electron chi connectivity index (χ0n) is 13.4. The maximum atomic E-state index is 12.5. The first kappa shape index (κ1) is 15.5. The zero-order chi connectivity index (χ0) is 15.7. The molecule has 1 N–H and O–H groups in total. The molecule has 6 heteroatoms. The van der Waals surface area contributed by atoms with E-state index in [1.807, 2.05) is 13.8 Å². The molecule has 0 bridgehead atoms. The number of amides is 1. The summed E-state index contributed by atoms with van der Waals surface area (Å²) in [6, 6.07) is 1.77. The summed E-state index contributed by atoms with van der Waals surface area (Å²) in [6.07, 6.45) is 3.14. The number of hydrogen-bond acceptors (Lipinski definition) is 5. The van der Waals surface area contributed by atoms with Gasteiger partial charge in [0, 0.05) is 19.2 Å². The summed E-state index contributed by atoms with van der Waals surface area (Å²) in [4.78, 5) is 16.5. The van der Waals surface area contributed by atoms with Gasteiger partial charge < -0.3 is 14.5 Å². The van der Waals surface area contributed by atoms with Crippen LogP contribution < -0.4 is 0 Å². The van der Waals surface area contributed by atoms with Crippen molar-refractivity contribution < 1.29 is 14.4 Å². The number of nitrogens with zero attached hydrogens (tertiary/aromatic N) is 3. The van der Waals surface area contributed by atoms with Crippen LogP contribution >= 0.6 is 0 Å². The Balaban J connectivity index is 1.66. The molecular formula is C16H25N3O3. The number of aromatic nitrogens is 1. The predicted octanol–water partition coefficient (Wildman–Crippen LogP) is 1.47. The quantitative estimate of drug-likeness (QED) is 0.916. The summed E-state index contributed by atoms with van der Waals surface area (Å²) in [5, 5.41) is 14.3. The van der Waals surface area contributed by atoms with Crippen molar-refractivity contribution in [2.75, 3.05) is 26.2 Å². The smallest absolute Gasteiger partial charge is 0.292 e. The first-order valence-corrected chi connectivity index (χ1v) is 8.24. The van der Waals surface area contributed by atoms with Crippen LogP contribution in [0.5, 0.6) is 0 Å². The molecule has 0 radical (unpaired) electrons. The molecule has 3 rings (SSSR count). The Hall–Kier alpha value is -1.40. The number of aliphatic hydroxyl groups excluding tert-OH is 1. The van der Waals surface area contributed by atoms with Crippen molar-refractivity contribution in [1.82, 2.24) is 15.0 Å². The molecule has 2 saturated heterocycles. The molecule has 22 heavy (non-hydrogen) atoms. The lowest BCUT2D eigenvalue weighted by Gasteiger charge is -2.33. The Morgan fingerprint density at radius 2 is 2.05 bits per heavy atom. The van der Waals surface area contributed by atoms with Gasteiger partial charge in [-0.2, -0.15) is 0 Å². The van der Waals surface area contributed by atoms with Gasteiger partial charge in [0.1, 0.15) is 0 Å². The van der Waals surface area contributed by atoms with Crippen molar-refractivity contribution in [3.63, 3.8) is 0 Å². The Kier molecular flexibility index (Phi) is 4.49. The number of carbonyl (C=O) groups is 1. The molecule has 2 atom stereocenters. The van der Waals surface area contributed by atoms with Crippen LogP contribution in [0.2, 0.25) is 0 Å². The minimum atomic E-state index is -0.477. The van der Waals surface area contributed by atoms with Crippen LogP contribution in [0.1, 0.15) is 55.3 Å². The van der Waals surface area contributed by atoms with Crippen LogP contribution in [-0.4, -0.2) is 64.3 Å². The first-order chi connectivity index (χ1) is 10.6. The average molecular weight is 307 g/mol. The molecular weight excluding hydrogens is 282 g/mol. The van der Waals surface area contributed by atoms with Crippen LogP contribution in [-0.2, 0) is 0 Å². The Labute approximate surface area is 131 Å². The number of carbonyl (C=O) groups excluding carboxylic acids is 1. The number of hydrogen-bond donors (Lipinski definition) is 1. The SMILES string of the molecule is CC(C)c1cc(C(=O)N2C[C@H](O)[C@@H](N3CCCCC3)C2)on1. The standard InChI is InChI=1S/C16H25N3O3/c1-11(2)12-8-15(22-17-12)16(21)19-9-13(14(20)10-19)18-6-4-3-5-7-18/h8,11,13-14,20H,3-7,9-10H2,1-2H3/t13-,14-/m0/s1. The predicted molar refractivity (Wildman–Crippen MR) is 81.7 cm³/mol. The molecule has 2 aliphatic heterocycles. The van der Waals surface area contributed by atoms with Gasteiger partial charge in [0.2, 0.25) is 5.76 Å². The number of rotatable bonds is 3. The van der Waals surface area contributed by atoms with E-state index in [1.165, 1.54) is 19.3 Å². The third-order valence-electron chi connectivity index (χ3n) is 4.74. The molecule has 0 unspecified atom stereocenters. The third-order valence-corrected chi connectivity index (χ3v) is 4.74. The summed E-state index contributed by atoms with van der Waals surface area (Å²) < 4.78 is 5.18. The first-order valence-electron chi connectivity index (χ1n) is 8.24. The van der Waals surface area contributed by atoms with Crippen molar-refractivity contribution in [2.24, 2.45) is 0 Å². The second-order valence-corrected chi connectivity index (χ2v) is 6.71. The van der Waals surface area contributed by atoms with E-state index in [-0.39, 0.29) is 23.6 Å². The maximum Gasteiger partial charge on any atom is 0.292 e. The number of β-amino-alcohol motifs (C(OH)–C–C–N with tert-alkyl or cyclic N) is 1. The highest BCUT2D eigenvalue weighted by atomic mass is 16.5. The zero-order valence-corrected chi connectivity index (χ0v) is 13.4. The van der Waals surface area contributed by atoms with Gasteiger partial charge in [-0.05, 0) is 31.8 Å². The van der Waals surface area contributed by atoms with E-state index in [0.29, 0.717) is 13.1 Å². The average Bonchev–Trinajstić information content (AvgIpc) is 3.14. The molecule has 0 spiro atoms.